The molecule has 1 N–H and O–H groups in total. The number of aromatic nitrogens is 3. The molecule has 0 fully saturated rings. The Morgan fingerprint density at radius 2 is 2.11 bits per heavy atom. The van der Waals surface area contributed by atoms with Crippen molar-refractivity contribution in [3.05, 3.63) is 11.6 Å². The Hall–Kier alpha value is -0.134. The van der Waals surface area contributed by atoms with E-state index in [4.69, 9.17) is 16.7 Å². The molecule has 0 unspecified atom stereocenters. The fourth-order valence-corrected chi connectivity index (χ4v) is 0.388. The highest BCUT2D eigenvalue weighted by Crippen LogP contribution is 2.00. The first-order valence-electron chi connectivity index (χ1n) is 1.82. The number of aromatic hydroxyl groups is 1. The molecule has 1 aromatic heterocycles. The Bertz CT molecular complexity index is 179. The van der Waals surface area contributed by atoms with Crippen LogP contribution in [0.1, 0.15) is 0 Å². The number of hydrogen-bond acceptors (Lipinski definition) is 4. The summed E-state index contributed by atoms with van der Waals surface area (Å²) in [5, 5.41) is 8.46. The summed E-state index contributed by atoms with van der Waals surface area (Å²) in [7, 11) is 0. The highest BCUT2D eigenvalue weighted by molar-refractivity contribution is 6.28. The maximum Gasteiger partial charge on any atom is 0.318 e. The van der Waals surface area contributed by atoms with Gasteiger partial charge in [0.15, 0.2) is 0 Å². The fraction of sp³-hybridized carbons (Fsp3) is 0. The second-order valence-corrected chi connectivity index (χ2v) is 1.39. The topological polar surface area (TPSA) is 58.9 Å². The summed E-state index contributed by atoms with van der Waals surface area (Å²) >= 11 is 5.22. The zero-order valence-electron chi connectivity index (χ0n) is 3.74. The monoisotopic (exact) mass is 157 g/mol. The SMILES string of the molecule is Oc1ncnc(Cl)n1.[MgH2]. The lowest BCUT2D eigenvalue weighted by Gasteiger charge is -1.85. The summed E-state index contributed by atoms with van der Waals surface area (Å²) in [5.74, 6) is 0. The molecule has 1 heterocycles. The van der Waals surface area contributed by atoms with Crippen molar-refractivity contribution in [1.82, 2.24) is 15.0 Å². The summed E-state index contributed by atoms with van der Waals surface area (Å²) in [6.07, 6.45) is 1.13. The fourth-order valence-electron chi connectivity index (χ4n) is 0.268. The van der Waals surface area contributed by atoms with Crippen molar-refractivity contribution in [3.8, 4) is 6.01 Å². The van der Waals surface area contributed by atoms with Crippen molar-refractivity contribution in [2.24, 2.45) is 0 Å². The molecule has 0 spiro atoms. The zero-order chi connectivity index (χ0) is 5.98. The van der Waals surface area contributed by atoms with E-state index >= 15 is 0 Å². The zero-order valence-corrected chi connectivity index (χ0v) is 4.50. The molecular weight excluding hydrogens is 154 g/mol. The molecule has 0 radical (unpaired) electrons. The van der Waals surface area contributed by atoms with E-state index in [1.165, 1.54) is 0 Å². The van der Waals surface area contributed by atoms with Crippen LogP contribution in [-0.4, -0.2) is 43.1 Å². The Labute approximate surface area is 72.5 Å². The second kappa shape index (κ2) is 3.81. The molecule has 4 nitrogen and oxygen atoms in total. The van der Waals surface area contributed by atoms with E-state index in [1.807, 2.05) is 0 Å². The van der Waals surface area contributed by atoms with E-state index in [2.05, 4.69) is 15.0 Å². The van der Waals surface area contributed by atoms with E-state index in [9.17, 15) is 0 Å². The molecule has 0 saturated heterocycles. The van der Waals surface area contributed by atoms with E-state index in [0.717, 1.165) is 6.33 Å². The van der Waals surface area contributed by atoms with Crippen LogP contribution >= 0.6 is 11.6 Å². The van der Waals surface area contributed by atoms with Gasteiger partial charge in [0.1, 0.15) is 6.33 Å². The molecular formula is C3H4ClMgN3O. The predicted octanol–water partition coefficient (Wildman–Crippen LogP) is -0.686. The predicted molar refractivity (Wildman–Crippen MR) is 35.0 cm³/mol. The van der Waals surface area contributed by atoms with Gasteiger partial charge in [-0.3, -0.25) is 0 Å². The molecule has 0 saturated carbocycles. The highest BCUT2D eigenvalue weighted by Gasteiger charge is 1.90. The van der Waals surface area contributed by atoms with Gasteiger partial charge in [0.2, 0.25) is 5.28 Å². The van der Waals surface area contributed by atoms with Crippen LogP contribution in [0, 0.1) is 0 Å². The molecule has 0 atom stereocenters. The van der Waals surface area contributed by atoms with Crippen LogP contribution in [-0.2, 0) is 0 Å². The van der Waals surface area contributed by atoms with Crippen molar-refractivity contribution < 1.29 is 5.11 Å². The molecule has 1 aromatic rings. The lowest BCUT2D eigenvalue weighted by Crippen LogP contribution is -1.82. The maximum absolute atomic E-state index is 8.47. The number of rotatable bonds is 0. The molecule has 6 heteroatoms. The lowest BCUT2D eigenvalue weighted by atomic mass is 11.0. The minimum Gasteiger partial charge on any atom is -0.479 e. The van der Waals surface area contributed by atoms with Gasteiger partial charge in [-0.1, -0.05) is 0 Å². The van der Waals surface area contributed by atoms with E-state index in [1.54, 1.807) is 0 Å². The highest BCUT2D eigenvalue weighted by atomic mass is 35.5. The van der Waals surface area contributed by atoms with Crippen LogP contribution in [0.25, 0.3) is 0 Å². The van der Waals surface area contributed by atoms with Gasteiger partial charge >= 0.3 is 29.1 Å². The number of halogens is 1. The number of hydrogen-bond donors (Lipinski definition) is 1. The van der Waals surface area contributed by atoms with Gasteiger partial charge in [0, 0.05) is 0 Å². The quantitative estimate of drug-likeness (QED) is 0.507. The summed E-state index contributed by atoms with van der Waals surface area (Å²) in [6, 6.07) is -0.356. The Balaban J connectivity index is 0.000000640. The van der Waals surface area contributed by atoms with Gasteiger partial charge in [0.05, 0.1) is 0 Å². The summed E-state index contributed by atoms with van der Waals surface area (Å²) < 4.78 is 0. The van der Waals surface area contributed by atoms with Crippen LogP contribution in [0.2, 0.25) is 5.28 Å². The average Bonchev–Trinajstić information content (AvgIpc) is 1.64. The van der Waals surface area contributed by atoms with Crippen molar-refractivity contribution in [1.29, 1.82) is 0 Å². The molecule has 1 rings (SSSR count). The molecule has 0 aliphatic rings. The third kappa shape index (κ3) is 2.78. The van der Waals surface area contributed by atoms with Gasteiger partial charge < -0.3 is 5.11 Å². The van der Waals surface area contributed by atoms with Gasteiger partial charge in [-0.15, -0.1) is 0 Å². The smallest absolute Gasteiger partial charge is 0.318 e. The molecule has 0 bridgehead atoms. The average molecular weight is 158 g/mol. The Morgan fingerprint density at radius 1 is 1.44 bits per heavy atom. The van der Waals surface area contributed by atoms with E-state index in [-0.39, 0.29) is 34.3 Å². The Morgan fingerprint density at radius 3 is 2.44 bits per heavy atom. The maximum atomic E-state index is 8.47. The van der Waals surface area contributed by atoms with Crippen LogP contribution in [0.4, 0.5) is 0 Å². The molecule has 46 valence electrons. The van der Waals surface area contributed by atoms with Gasteiger partial charge in [-0.05, 0) is 11.6 Å². The third-order valence-corrected chi connectivity index (χ3v) is 0.712. The Kier molecular flexibility index (Phi) is 3.75. The normalized spacial score (nSPS) is 8.11. The molecule has 0 aliphatic carbocycles. The third-order valence-electron chi connectivity index (χ3n) is 0.530. The minimum atomic E-state index is -0.356. The summed E-state index contributed by atoms with van der Waals surface area (Å²) in [5.41, 5.74) is 0. The van der Waals surface area contributed by atoms with Crippen LogP contribution < -0.4 is 0 Å². The first kappa shape index (κ1) is 8.87. The van der Waals surface area contributed by atoms with Crippen LogP contribution in [0.3, 0.4) is 0 Å². The van der Waals surface area contributed by atoms with E-state index < -0.39 is 0 Å². The van der Waals surface area contributed by atoms with Crippen molar-refractivity contribution in [2.45, 2.75) is 0 Å². The molecule has 0 aliphatic heterocycles. The van der Waals surface area contributed by atoms with Gasteiger partial charge in [-0.25, -0.2) is 4.98 Å². The van der Waals surface area contributed by atoms with E-state index in [0.29, 0.717) is 0 Å². The lowest BCUT2D eigenvalue weighted by molar-refractivity contribution is 0.428. The number of nitrogens with zero attached hydrogens (tertiary/aromatic N) is 3. The first-order chi connectivity index (χ1) is 3.79. The second-order valence-electron chi connectivity index (χ2n) is 1.05. The summed E-state index contributed by atoms with van der Waals surface area (Å²) in [6.45, 7) is 0. The minimum absolute atomic E-state index is 0. The van der Waals surface area contributed by atoms with Crippen molar-refractivity contribution in [2.75, 3.05) is 0 Å². The summed E-state index contributed by atoms with van der Waals surface area (Å²) in [4.78, 5) is 9.98. The molecule has 0 amide bonds. The van der Waals surface area contributed by atoms with Crippen LogP contribution in [0.5, 0.6) is 6.01 Å². The molecule has 9 heavy (non-hydrogen) atoms. The van der Waals surface area contributed by atoms with Crippen molar-refractivity contribution in [3.63, 3.8) is 0 Å². The van der Waals surface area contributed by atoms with Gasteiger partial charge in [0.25, 0.3) is 0 Å². The van der Waals surface area contributed by atoms with Gasteiger partial charge in [-0.2, -0.15) is 9.97 Å². The largest absolute Gasteiger partial charge is 0.479 e. The molecule has 0 aromatic carbocycles. The standard InChI is InChI=1S/C3H2ClN3O.Mg.2H/c4-2-5-1-6-3(8)7-2;;;/h1H,(H,5,6,7,8);;;. The first-order valence-corrected chi connectivity index (χ1v) is 2.20. The van der Waals surface area contributed by atoms with Crippen molar-refractivity contribution >= 4 is 34.7 Å². The van der Waals surface area contributed by atoms with Crippen LogP contribution in [0.15, 0.2) is 6.33 Å².